The molecule has 0 spiro atoms. The van der Waals surface area contributed by atoms with Gasteiger partial charge >= 0.3 is 0 Å². The molecular weight excluding hydrogens is 326 g/mol. The molecule has 3 rings (SSSR count). The Morgan fingerprint density at radius 1 is 1.42 bits per heavy atom. The molecule has 0 aliphatic carbocycles. The third kappa shape index (κ3) is 3.79. The van der Waals surface area contributed by atoms with Gasteiger partial charge in [0.25, 0.3) is 5.22 Å². The molecule has 24 heavy (non-hydrogen) atoms. The highest BCUT2D eigenvalue weighted by Crippen LogP contribution is 2.25. The Balaban J connectivity index is 1.59. The van der Waals surface area contributed by atoms with Gasteiger partial charge in [0.15, 0.2) is 0 Å². The summed E-state index contributed by atoms with van der Waals surface area (Å²) in [6.45, 7) is 4.45. The van der Waals surface area contributed by atoms with Crippen LogP contribution in [0, 0.1) is 13.8 Å². The lowest BCUT2D eigenvalue weighted by molar-refractivity contribution is -0.117. The van der Waals surface area contributed by atoms with Gasteiger partial charge in [0.05, 0.1) is 11.4 Å². The number of oxazole rings is 1. The molecule has 0 atom stereocenters. The SMILES string of the molecule is Cc1nc(SCC(=O)Nc2cccc(N3CCCC3=O)c2)oc1C. The van der Waals surface area contributed by atoms with Gasteiger partial charge in [0.2, 0.25) is 11.8 Å². The number of rotatable bonds is 5. The first kappa shape index (κ1) is 16.6. The zero-order valence-corrected chi connectivity index (χ0v) is 14.5. The normalized spacial score (nSPS) is 14.2. The van der Waals surface area contributed by atoms with Gasteiger partial charge in [-0.15, -0.1) is 0 Å². The van der Waals surface area contributed by atoms with Crippen molar-refractivity contribution in [2.45, 2.75) is 31.9 Å². The number of nitrogens with zero attached hydrogens (tertiary/aromatic N) is 2. The maximum absolute atomic E-state index is 12.1. The zero-order valence-electron chi connectivity index (χ0n) is 13.7. The van der Waals surface area contributed by atoms with Crippen LogP contribution in [0.2, 0.25) is 0 Å². The Bertz CT molecular complexity index is 753. The minimum absolute atomic E-state index is 0.128. The van der Waals surface area contributed by atoms with Crippen LogP contribution in [0.3, 0.4) is 0 Å². The van der Waals surface area contributed by atoms with E-state index in [1.165, 1.54) is 11.8 Å². The average molecular weight is 345 g/mol. The van der Waals surface area contributed by atoms with Gasteiger partial charge in [-0.3, -0.25) is 9.59 Å². The number of benzene rings is 1. The van der Waals surface area contributed by atoms with Crippen molar-refractivity contribution in [1.82, 2.24) is 4.98 Å². The Morgan fingerprint density at radius 3 is 2.92 bits per heavy atom. The van der Waals surface area contributed by atoms with E-state index < -0.39 is 0 Å². The molecule has 1 aliphatic heterocycles. The molecule has 0 saturated carbocycles. The molecule has 0 unspecified atom stereocenters. The fraction of sp³-hybridized carbons (Fsp3) is 0.353. The number of anilines is 2. The number of hydrogen-bond donors (Lipinski definition) is 1. The van der Waals surface area contributed by atoms with Crippen LogP contribution in [0.1, 0.15) is 24.3 Å². The molecular formula is C17H19N3O3S. The zero-order chi connectivity index (χ0) is 17.1. The summed E-state index contributed by atoms with van der Waals surface area (Å²) < 4.78 is 5.44. The fourth-order valence-electron chi connectivity index (χ4n) is 2.50. The third-order valence-corrected chi connectivity index (χ3v) is 4.68. The standard InChI is InChI=1S/C17H19N3O3S/c1-11-12(2)23-17(18-11)24-10-15(21)19-13-5-3-6-14(9-13)20-8-4-7-16(20)22/h3,5-6,9H,4,7-8,10H2,1-2H3,(H,19,21). The first-order valence-electron chi connectivity index (χ1n) is 7.80. The molecule has 0 bridgehead atoms. The molecule has 2 heterocycles. The lowest BCUT2D eigenvalue weighted by atomic mass is 10.2. The summed E-state index contributed by atoms with van der Waals surface area (Å²) in [5.74, 6) is 0.967. The second kappa shape index (κ2) is 7.09. The van der Waals surface area contributed by atoms with E-state index in [1.807, 2.05) is 38.1 Å². The van der Waals surface area contributed by atoms with Crippen LogP contribution in [-0.4, -0.2) is 29.1 Å². The van der Waals surface area contributed by atoms with Gasteiger partial charge in [-0.1, -0.05) is 17.8 Å². The van der Waals surface area contributed by atoms with Gasteiger partial charge in [0, 0.05) is 24.3 Å². The first-order chi connectivity index (χ1) is 11.5. The van der Waals surface area contributed by atoms with Crippen molar-refractivity contribution in [2.75, 3.05) is 22.5 Å². The van der Waals surface area contributed by atoms with Gasteiger partial charge < -0.3 is 14.6 Å². The summed E-state index contributed by atoms with van der Waals surface area (Å²) in [5.41, 5.74) is 2.33. The summed E-state index contributed by atoms with van der Waals surface area (Å²) in [7, 11) is 0. The molecule has 1 aliphatic rings. The first-order valence-corrected chi connectivity index (χ1v) is 8.78. The van der Waals surface area contributed by atoms with E-state index in [4.69, 9.17) is 4.42 Å². The summed E-state index contributed by atoms with van der Waals surface area (Å²) >= 11 is 1.26. The van der Waals surface area contributed by atoms with Crippen LogP contribution in [0.15, 0.2) is 33.9 Å². The molecule has 2 amide bonds. The van der Waals surface area contributed by atoms with E-state index in [2.05, 4.69) is 10.3 Å². The summed E-state index contributed by atoms with van der Waals surface area (Å²) in [4.78, 5) is 29.9. The Morgan fingerprint density at radius 2 is 2.25 bits per heavy atom. The van der Waals surface area contributed by atoms with Crippen molar-refractivity contribution in [3.63, 3.8) is 0 Å². The van der Waals surface area contributed by atoms with Gasteiger partial charge in [-0.05, 0) is 38.5 Å². The highest BCUT2D eigenvalue weighted by atomic mass is 32.2. The van der Waals surface area contributed by atoms with Gasteiger partial charge in [-0.2, -0.15) is 0 Å². The highest BCUT2D eigenvalue weighted by Gasteiger charge is 2.21. The molecule has 1 fully saturated rings. The molecule has 7 heteroatoms. The minimum atomic E-state index is -0.140. The second-order valence-electron chi connectivity index (χ2n) is 5.66. The van der Waals surface area contributed by atoms with E-state index in [-0.39, 0.29) is 17.6 Å². The number of thioether (sulfide) groups is 1. The van der Waals surface area contributed by atoms with Crippen molar-refractivity contribution in [3.8, 4) is 0 Å². The largest absolute Gasteiger partial charge is 0.437 e. The van der Waals surface area contributed by atoms with E-state index >= 15 is 0 Å². The number of amides is 2. The van der Waals surface area contributed by atoms with Crippen LogP contribution in [-0.2, 0) is 9.59 Å². The van der Waals surface area contributed by atoms with Crippen molar-refractivity contribution >= 4 is 35.0 Å². The summed E-state index contributed by atoms with van der Waals surface area (Å²) in [5, 5.41) is 3.34. The number of carbonyl (C=O) groups excluding carboxylic acids is 2. The smallest absolute Gasteiger partial charge is 0.256 e. The quantitative estimate of drug-likeness (QED) is 0.843. The molecule has 1 aromatic carbocycles. The number of aromatic nitrogens is 1. The third-order valence-electron chi connectivity index (χ3n) is 3.85. The number of carbonyl (C=O) groups is 2. The van der Waals surface area contributed by atoms with Crippen LogP contribution in [0.25, 0.3) is 0 Å². The monoisotopic (exact) mass is 345 g/mol. The molecule has 2 aromatic rings. The van der Waals surface area contributed by atoms with Crippen molar-refractivity contribution in [3.05, 3.63) is 35.7 Å². The van der Waals surface area contributed by atoms with Crippen LogP contribution < -0.4 is 10.2 Å². The second-order valence-corrected chi connectivity index (χ2v) is 6.58. The van der Waals surface area contributed by atoms with E-state index in [9.17, 15) is 9.59 Å². The lowest BCUT2D eigenvalue weighted by Gasteiger charge is -2.16. The van der Waals surface area contributed by atoms with Crippen molar-refractivity contribution < 1.29 is 14.0 Å². The van der Waals surface area contributed by atoms with E-state index in [1.54, 1.807) is 4.90 Å². The summed E-state index contributed by atoms with van der Waals surface area (Å²) in [6, 6.07) is 7.35. The Hall–Kier alpha value is -2.28. The maximum atomic E-state index is 12.1. The van der Waals surface area contributed by atoms with E-state index in [0.717, 1.165) is 30.1 Å². The molecule has 6 nitrogen and oxygen atoms in total. The highest BCUT2D eigenvalue weighted by molar-refractivity contribution is 7.99. The maximum Gasteiger partial charge on any atom is 0.256 e. The van der Waals surface area contributed by atoms with Gasteiger partial charge in [-0.25, -0.2) is 4.98 Å². The molecule has 0 radical (unpaired) electrons. The fourth-order valence-corrected chi connectivity index (χ4v) is 3.21. The molecule has 1 saturated heterocycles. The average Bonchev–Trinajstić information content (AvgIpc) is 3.11. The van der Waals surface area contributed by atoms with Crippen molar-refractivity contribution in [2.24, 2.45) is 0 Å². The van der Waals surface area contributed by atoms with Crippen LogP contribution in [0.5, 0.6) is 0 Å². The van der Waals surface area contributed by atoms with Gasteiger partial charge in [0.1, 0.15) is 5.76 Å². The topological polar surface area (TPSA) is 75.4 Å². The lowest BCUT2D eigenvalue weighted by Crippen LogP contribution is -2.23. The number of aryl methyl sites for hydroxylation is 2. The number of hydrogen-bond acceptors (Lipinski definition) is 5. The van der Waals surface area contributed by atoms with E-state index in [0.29, 0.717) is 17.3 Å². The van der Waals surface area contributed by atoms with Crippen molar-refractivity contribution in [1.29, 1.82) is 0 Å². The molecule has 1 N–H and O–H groups in total. The predicted octanol–water partition coefficient (Wildman–Crippen LogP) is 3.15. The van der Waals surface area contributed by atoms with Crippen LogP contribution >= 0.6 is 11.8 Å². The minimum Gasteiger partial charge on any atom is -0.437 e. The Labute approximate surface area is 144 Å². The molecule has 126 valence electrons. The number of nitrogens with one attached hydrogen (secondary N) is 1. The predicted molar refractivity (Wildman–Crippen MR) is 93.4 cm³/mol. The van der Waals surface area contributed by atoms with Crippen LogP contribution in [0.4, 0.5) is 11.4 Å². The summed E-state index contributed by atoms with van der Waals surface area (Å²) in [6.07, 6.45) is 1.46. The molecule has 1 aromatic heterocycles. The Kier molecular flexibility index (Phi) is 4.89.